The number of rotatable bonds is 3. The summed E-state index contributed by atoms with van der Waals surface area (Å²) in [6, 6.07) is 6.38. The van der Waals surface area contributed by atoms with Crippen LogP contribution in [0.5, 0.6) is 5.75 Å². The van der Waals surface area contributed by atoms with Gasteiger partial charge in [-0.2, -0.15) is 0 Å². The van der Waals surface area contributed by atoms with Crippen molar-refractivity contribution in [2.24, 2.45) is 0 Å². The molecule has 1 aromatic rings. The van der Waals surface area contributed by atoms with Crippen molar-refractivity contribution in [3.05, 3.63) is 24.3 Å². The Morgan fingerprint density at radius 2 is 1.68 bits per heavy atom. The van der Waals surface area contributed by atoms with Gasteiger partial charge in [0, 0.05) is 5.69 Å². The largest absolute Gasteiger partial charge is 0.462 e. The summed E-state index contributed by atoms with van der Waals surface area (Å²) in [5, 5.41) is 38.0. The lowest BCUT2D eigenvalue weighted by atomic mass is 9.99. The molecule has 5 atom stereocenters. The molecule has 1 fully saturated rings. The van der Waals surface area contributed by atoms with Gasteiger partial charge in [-0.25, -0.2) is 0 Å². The molecule has 7 nitrogen and oxygen atoms in total. The molecule has 0 saturated carbocycles. The van der Waals surface area contributed by atoms with Crippen LogP contribution in [0.4, 0.5) is 5.69 Å². The number of aliphatic hydroxyl groups is 4. The molecule has 0 spiro atoms. The second-order valence-corrected chi connectivity index (χ2v) is 4.38. The zero-order valence-corrected chi connectivity index (χ0v) is 10.1. The summed E-state index contributed by atoms with van der Waals surface area (Å²) in [7, 11) is 0. The van der Waals surface area contributed by atoms with Crippen molar-refractivity contribution < 1.29 is 29.9 Å². The number of aliphatic hydroxyl groups excluding tert-OH is 4. The van der Waals surface area contributed by atoms with E-state index in [4.69, 9.17) is 20.3 Å². The van der Waals surface area contributed by atoms with Crippen LogP contribution in [0.15, 0.2) is 24.3 Å². The predicted molar refractivity (Wildman–Crippen MR) is 65.2 cm³/mol. The van der Waals surface area contributed by atoms with E-state index in [1.807, 2.05) is 0 Å². The van der Waals surface area contributed by atoms with E-state index in [9.17, 15) is 15.3 Å². The fourth-order valence-electron chi connectivity index (χ4n) is 1.85. The van der Waals surface area contributed by atoms with E-state index in [-0.39, 0.29) is 0 Å². The monoisotopic (exact) mass is 271 g/mol. The van der Waals surface area contributed by atoms with Crippen LogP contribution in [0.2, 0.25) is 0 Å². The zero-order chi connectivity index (χ0) is 14.0. The van der Waals surface area contributed by atoms with Crippen molar-refractivity contribution in [1.82, 2.24) is 0 Å². The first kappa shape index (κ1) is 14.0. The molecule has 1 saturated heterocycles. The summed E-state index contributed by atoms with van der Waals surface area (Å²) < 4.78 is 10.6. The lowest BCUT2D eigenvalue weighted by molar-refractivity contribution is -0.277. The van der Waals surface area contributed by atoms with Gasteiger partial charge in [0.05, 0.1) is 6.61 Å². The molecule has 1 aliphatic rings. The Morgan fingerprint density at radius 1 is 1.05 bits per heavy atom. The second-order valence-electron chi connectivity index (χ2n) is 4.38. The third kappa shape index (κ3) is 2.96. The number of benzene rings is 1. The van der Waals surface area contributed by atoms with Gasteiger partial charge in [-0.3, -0.25) is 0 Å². The number of anilines is 1. The highest BCUT2D eigenvalue weighted by molar-refractivity contribution is 5.41. The van der Waals surface area contributed by atoms with Gasteiger partial charge in [-0.05, 0) is 24.3 Å². The Morgan fingerprint density at radius 3 is 2.26 bits per heavy atom. The van der Waals surface area contributed by atoms with Crippen molar-refractivity contribution in [2.45, 2.75) is 30.7 Å². The van der Waals surface area contributed by atoms with E-state index in [2.05, 4.69) is 0 Å². The minimum Gasteiger partial charge on any atom is -0.462 e. The van der Waals surface area contributed by atoms with Crippen LogP contribution in [0.3, 0.4) is 0 Å². The Bertz CT molecular complexity index is 409. The lowest BCUT2D eigenvalue weighted by Crippen LogP contribution is -2.60. The van der Waals surface area contributed by atoms with Crippen molar-refractivity contribution in [3.8, 4) is 5.75 Å². The van der Waals surface area contributed by atoms with Gasteiger partial charge < -0.3 is 35.6 Å². The third-order valence-corrected chi connectivity index (χ3v) is 2.98. The van der Waals surface area contributed by atoms with Crippen LogP contribution in [0.25, 0.3) is 0 Å². The molecule has 106 valence electrons. The van der Waals surface area contributed by atoms with Gasteiger partial charge >= 0.3 is 0 Å². The fraction of sp³-hybridized carbons (Fsp3) is 0.500. The quantitative estimate of drug-likeness (QED) is 0.421. The van der Waals surface area contributed by atoms with Crippen LogP contribution in [-0.2, 0) is 4.74 Å². The Hall–Kier alpha value is -1.38. The van der Waals surface area contributed by atoms with Crippen LogP contribution in [-0.4, -0.2) is 57.7 Å². The van der Waals surface area contributed by atoms with Gasteiger partial charge in [0.2, 0.25) is 6.29 Å². The van der Waals surface area contributed by atoms with Crippen molar-refractivity contribution >= 4 is 5.69 Å². The molecule has 2 rings (SSSR count). The number of nitrogens with two attached hydrogens (primary N) is 1. The molecule has 0 aromatic heterocycles. The highest BCUT2D eigenvalue weighted by Gasteiger charge is 2.44. The molecular weight excluding hydrogens is 254 g/mol. The van der Waals surface area contributed by atoms with Crippen LogP contribution >= 0.6 is 0 Å². The molecule has 0 aliphatic carbocycles. The minimum absolute atomic E-state index is 0.388. The fourth-order valence-corrected chi connectivity index (χ4v) is 1.85. The maximum Gasteiger partial charge on any atom is 0.229 e. The molecule has 1 heterocycles. The average Bonchev–Trinajstić information content (AvgIpc) is 2.42. The molecule has 1 unspecified atom stereocenters. The van der Waals surface area contributed by atoms with E-state index < -0.39 is 37.3 Å². The predicted octanol–water partition coefficient (Wildman–Crippen LogP) is -1.55. The standard InChI is InChI=1S/C12H17NO6/c13-6-1-3-7(4-2-6)18-12-11(17)10(16)9(15)8(5-14)19-12/h1-4,8-12,14-17H,5,13H2/t8?,9-,10+,11+,12-/m1/s1. The first-order valence-corrected chi connectivity index (χ1v) is 5.85. The molecule has 0 amide bonds. The van der Waals surface area contributed by atoms with Crippen LogP contribution < -0.4 is 10.5 Å². The van der Waals surface area contributed by atoms with Crippen LogP contribution in [0.1, 0.15) is 0 Å². The summed E-state index contributed by atoms with van der Waals surface area (Å²) in [4.78, 5) is 0. The molecule has 0 bridgehead atoms. The van der Waals surface area contributed by atoms with Crippen molar-refractivity contribution in [1.29, 1.82) is 0 Å². The van der Waals surface area contributed by atoms with Gasteiger partial charge in [0.25, 0.3) is 0 Å². The normalized spacial score (nSPS) is 35.1. The maximum absolute atomic E-state index is 9.77. The lowest BCUT2D eigenvalue weighted by Gasteiger charge is -2.39. The molecule has 19 heavy (non-hydrogen) atoms. The minimum atomic E-state index is -1.45. The maximum atomic E-state index is 9.77. The third-order valence-electron chi connectivity index (χ3n) is 2.98. The molecule has 7 heteroatoms. The summed E-state index contributed by atoms with van der Waals surface area (Å²) in [5.41, 5.74) is 6.09. The van der Waals surface area contributed by atoms with E-state index in [1.165, 1.54) is 0 Å². The second kappa shape index (κ2) is 5.72. The van der Waals surface area contributed by atoms with E-state index in [1.54, 1.807) is 24.3 Å². The number of nitrogen functional groups attached to an aromatic ring is 1. The number of ether oxygens (including phenoxy) is 2. The summed E-state index contributed by atoms with van der Waals surface area (Å²) >= 11 is 0. The molecule has 6 N–H and O–H groups in total. The van der Waals surface area contributed by atoms with Crippen molar-refractivity contribution in [2.75, 3.05) is 12.3 Å². The van der Waals surface area contributed by atoms with Gasteiger partial charge in [-0.1, -0.05) is 0 Å². The molecular formula is C12H17NO6. The smallest absolute Gasteiger partial charge is 0.229 e. The average molecular weight is 271 g/mol. The zero-order valence-electron chi connectivity index (χ0n) is 10.1. The Kier molecular flexibility index (Phi) is 4.23. The Labute approximate surface area is 109 Å². The van der Waals surface area contributed by atoms with Crippen molar-refractivity contribution in [3.63, 3.8) is 0 Å². The summed E-state index contributed by atoms with van der Waals surface area (Å²) in [6.45, 7) is -0.494. The topological polar surface area (TPSA) is 125 Å². The van der Waals surface area contributed by atoms with E-state index >= 15 is 0 Å². The summed E-state index contributed by atoms with van der Waals surface area (Å²) in [5.74, 6) is 0.388. The first-order chi connectivity index (χ1) is 9.02. The Balaban J connectivity index is 2.08. The molecule has 1 aromatic carbocycles. The highest BCUT2D eigenvalue weighted by Crippen LogP contribution is 2.24. The molecule has 0 radical (unpaired) electrons. The number of hydrogen-bond donors (Lipinski definition) is 5. The SMILES string of the molecule is Nc1ccc(O[C@@H]2OC(CO)[C@@H](O)[C@H](O)[C@@H]2O)cc1. The van der Waals surface area contributed by atoms with Gasteiger partial charge in [0.1, 0.15) is 30.2 Å². The van der Waals surface area contributed by atoms with Gasteiger partial charge in [0.15, 0.2) is 0 Å². The van der Waals surface area contributed by atoms with E-state index in [0.29, 0.717) is 11.4 Å². The number of hydrogen-bond acceptors (Lipinski definition) is 7. The van der Waals surface area contributed by atoms with Gasteiger partial charge in [-0.15, -0.1) is 0 Å². The summed E-state index contributed by atoms with van der Waals surface area (Å²) in [6.07, 6.45) is -6.44. The first-order valence-electron chi connectivity index (χ1n) is 5.85. The molecule has 1 aliphatic heterocycles. The highest BCUT2D eigenvalue weighted by atomic mass is 16.7. The van der Waals surface area contributed by atoms with E-state index in [0.717, 1.165) is 0 Å². The van der Waals surface area contributed by atoms with Crippen LogP contribution in [0, 0.1) is 0 Å².